The van der Waals surface area contributed by atoms with Crippen LogP contribution in [-0.2, 0) is 4.79 Å². The van der Waals surface area contributed by atoms with E-state index in [1.54, 1.807) is 31.2 Å². The van der Waals surface area contributed by atoms with E-state index in [4.69, 9.17) is 21.1 Å². The van der Waals surface area contributed by atoms with E-state index < -0.39 is 17.8 Å². The fourth-order valence-corrected chi connectivity index (χ4v) is 3.67. The van der Waals surface area contributed by atoms with Crippen LogP contribution < -0.4 is 20.1 Å². The average molecular weight is 445 g/mol. The van der Waals surface area contributed by atoms with Crippen molar-refractivity contribution in [3.63, 3.8) is 0 Å². The SMILES string of the molecule is COc1cc(NC(=O)C2=C(C)Nc3nnnn3[C@@H]2c2ccccc2F)c(OC)cc1Cl. The summed E-state index contributed by atoms with van der Waals surface area (Å²) in [5.41, 5.74) is 1.31. The maximum Gasteiger partial charge on any atom is 0.255 e. The third-order valence-electron chi connectivity index (χ3n) is 4.88. The molecule has 0 radical (unpaired) electrons. The van der Waals surface area contributed by atoms with Gasteiger partial charge in [-0.3, -0.25) is 4.79 Å². The molecule has 2 N–H and O–H groups in total. The lowest BCUT2D eigenvalue weighted by molar-refractivity contribution is -0.113. The Labute approximate surface area is 181 Å². The minimum absolute atomic E-state index is 0.237. The largest absolute Gasteiger partial charge is 0.495 e. The van der Waals surface area contributed by atoms with E-state index in [-0.39, 0.29) is 11.1 Å². The second kappa shape index (κ2) is 8.23. The lowest BCUT2D eigenvalue weighted by Gasteiger charge is -2.28. The van der Waals surface area contributed by atoms with Crippen molar-refractivity contribution in [3.05, 3.63) is 64.1 Å². The first kappa shape index (κ1) is 20.6. The van der Waals surface area contributed by atoms with Gasteiger partial charge in [-0.05, 0) is 23.4 Å². The molecule has 3 aromatic rings. The molecule has 160 valence electrons. The summed E-state index contributed by atoms with van der Waals surface area (Å²) in [5, 5.41) is 17.6. The second-order valence-corrected chi connectivity index (χ2v) is 7.08. The van der Waals surface area contributed by atoms with Gasteiger partial charge in [0.15, 0.2) is 0 Å². The summed E-state index contributed by atoms with van der Waals surface area (Å²) in [6.07, 6.45) is 0. The van der Waals surface area contributed by atoms with E-state index >= 15 is 0 Å². The molecule has 0 fully saturated rings. The van der Waals surface area contributed by atoms with Gasteiger partial charge in [0.1, 0.15) is 23.4 Å². The molecule has 11 heteroatoms. The lowest BCUT2D eigenvalue weighted by Crippen LogP contribution is -2.32. The Hall–Kier alpha value is -3.66. The summed E-state index contributed by atoms with van der Waals surface area (Å²) < 4.78 is 26.6. The summed E-state index contributed by atoms with van der Waals surface area (Å²) in [7, 11) is 2.92. The van der Waals surface area contributed by atoms with Crippen molar-refractivity contribution in [2.45, 2.75) is 13.0 Å². The lowest BCUT2D eigenvalue weighted by atomic mass is 9.94. The minimum atomic E-state index is -0.882. The minimum Gasteiger partial charge on any atom is -0.495 e. The second-order valence-electron chi connectivity index (χ2n) is 6.68. The molecule has 1 aliphatic rings. The molecule has 1 aromatic heterocycles. The highest BCUT2D eigenvalue weighted by molar-refractivity contribution is 6.32. The zero-order chi connectivity index (χ0) is 22.1. The standard InChI is InChI=1S/C20H18ClFN6O3/c1-10-17(19(29)24-14-9-15(30-2)12(21)8-16(14)31-3)18(11-6-4-5-7-13(11)22)28-20(23-10)25-26-27-28/h4-9,18H,1-3H3,(H,24,29)(H,23,25,27)/t18-/m1/s1. The van der Waals surface area contributed by atoms with Gasteiger partial charge in [0.25, 0.3) is 5.91 Å². The van der Waals surface area contributed by atoms with Crippen LogP contribution in [0.1, 0.15) is 18.5 Å². The van der Waals surface area contributed by atoms with Crippen LogP contribution >= 0.6 is 11.6 Å². The van der Waals surface area contributed by atoms with Crippen molar-refractivity contribution in [3.8, 4) is 11.5 Å². The number of nitrogens with zero attached hydrogens (tertiary/aromatic N) is 4. The number of anilines is 2. The number of halogens is 2. The van der Waals surface area contributed by atoms with E-state index in [0.29, 0.717) is 33.9 Å². The van der Waals surface area contributed by atoms with Gasteiger partial charge in [-0.25, -0.2) is 4.39 Å². The van der Waals surface area contributed by atoms with Crippen LogP contribution in [0.15, 0.2) is 47.7 Å². The summed E-state index contributed by atoms with van der Waals surface area (Å²) in [6, 6.07) is 8.36. The van der Waals surface area contributed by atoms with Crippen LogP contribution in [0.2, 0.25) is 5.02 Å². The van der Waals surface area contributed by atoms with Gasteiger partial charge in [-0.2, -0.15) is 4.68 Å². The Kier molecular flexibility index (Phi) is 5.47. The number of methoxy groups -OCH3 is 2. The van der Waals surface area contributed by atoms with Crippen LogP contribution in [0.4, 0.5) is 16.0 Å². The van der Waals surface area contributed by atoms with E-state index in [0.717, 1.165) is 0 Å². The number of tetrazole rings is 1. The first-order chi connectivity index (χ1) is 14.9. The Morgan fingerprint density at radius 1 is 1.23 bits per heavy atom. The highest BCUT2D eigenvalue weighted by Crippen LogP contribution is 2.39. The fourth-order valence-electron chi connectivity index (χ4n) is 3.44. The number of aromatic nitrogens is 4. The third-order valence-corrected chi connectivity index (χ3v) is 5.18. The molecule has 0 aliphatic carbocycles. The van der Waals surface area contributed by atoms with Crippen LogP contribution in [0.5, 0.6) is 11.5 Å². The maximum absolute atomic E-state index is 14.7. The van der Waals surface area contributed by atoms with E-state index in [1.165, 1.54) is 31.0 Å². The average Bonchev–Trinajstić information content (AvgIpc) is 3.22. The molecule has 31 heavy (non-hydrogen) atoms. The quantitative estimate of drug-likeness (QED) is 0.621. The van der Waals surface area contributed by atoms with E-state index in [2.05, 4.69) is 26.2 Å². The van der Waals surface area contributed by atoms with Crippen molar-refractivity contribution >= 4 is 29.1 Å². The molecule has 2 aromatic carbocycles. The number of ether oxygens (including phenoxy) is 2. The number of nitrogens with one attached hydrogen (secondary N) is 2. The summed E-state index contributed by atoms with van der Waals surface area (Å²) in [6.45, 7) is 1.70. The molecule has 1 atom stereocenters. The number of carbonyl (C=O) groups is 1. The molecular weight excluding hydrogens is 427 g/mol. The Morgan fingerprint density at radius 3 is 2.68 bits per heavy atom. The molecule has 1 aliphatic heterocycles. The number of carbonyl (C=O) groups excluding carboxylic acids is 1. The Morgan fingerprint density at radius 2 is 1.97 bits per heavy atom. The first-order valence-electron chi connectivity index (χ1n) is 9.17. The Bertz CT molecular complexity index is 1200. The molecule has 1 amide bonds. The number of hydrogen-bond acceptors (Lipinski definition) is 7. The van der Waals surface area contributed by atoms with Crippen LogP contribution in [0.3, 0.4) is 0 Å². The van der Waals surface area contributed by atoms with Gasteiger partial charge in [-0.1, -0.05) is 34.9 Å². The van der Waals surface area contributed by atoms with E-state index in [1.807, 2.05) is 0 Å². The monoisotopic (exact) mass is 444 g/mol. The summed E-state index contributed by atoms with van der Waals surface area (Å²) in [4.78, 5) is 13.4. The molecule has 9 nitrogen and oxygen atoms in total. The normalized spacial score (nSPS) is 15.2. The predicted octanol–water partition coefficient (Wildman–Crippen LogP) is 3.41. The molecule has 0 saturated heterocycles. The number of fused-ring (bicyclic) bond motifs is 1. The van der Waals surface area contributed by atoms with Crippen molar-refractivity contribution < 1.29 is 18.7 Å². The predicted molar refractivity (Wildman–Crippen MR) is 112 cm³/mol. The molecular formula is C20H18ClFN6O3. The molecule has 4 rings (SSSR count). The summed E-state index contributed by atoms with van der Waals surface area (Å²) >= 11 is 6.15. The molecule has 2 heterocycles. The summed E-state index contributed by atoms with van der Waals surface area (Å²) in [5.74, 6) is 0.0141. The van der Waals surface area contributed by atoms with Gasteiger partial charge >= 0.3 is 0 Å². The third kappa shape index (κ3) is 3.66. The Balaban J connectivity index is 1.79. The van der Waals surface area contributed by atoms with Crippen molar-refractivity contribution in [1.82, 2.24) is 20.2 Å². The van der Waals surface area contributed by atoms with Gasteiger partial charge in [0.05, 0.1) is 30.5 Å². The molecule has 0 spiro atoms. The van der Waals surface area contributed by atoms with Gasteiger partial charge < -0.3 is 20.1 Å². The zero-order valence-corrected chi connectivity index (χ0v) is 17.6. The first-order valence-corrected chi connectivity index (χ1v) is 9.55. The highest BCUT2D eigenvalue weighted by atomic mass is 35.5. The van der Waals surface area contributed by atoms with Crippen LogP contribution in [0.25, 0.3) is 0 Å². The number of hydrogen-bond donors (Lipinski definition) is 2. The number of benzene rings is 2. The highest BCUT2D eigenvalue weighted by Gasteiger charge is 2.35. The number of amides is 1. The van der Waals surface area contributed by atoms with Gasteiger partial charge in [-0.15, -0.1) is 0 Å². The van der Waals surface area contributed by atoms with Crippen molar-refractivity contribution in [1.29, 1.82) is 0 Å². The van der Waals surface area contributed by atoms with Gasteiger partial charge in [0, 0.05) is 23.4 Å². The van der Waals surface area contributed by atoms with Crippen molar-refractivity contribution in [2.75, 3.05) is 24.9 Å². The smallest absolute Gasteiger partial charge is 0.255 e. The van der Waals surface area contributed by atoms with Crippen LogP contribution in [0, 0.1) is 5.82 Å². The molecule has 0 bridgehead atoms. The van der Waals surface area contributed by atoms with E-state index in [9.17, 15) is 9.18 Å². The molecule has 0 unspecified atom stereocenters. The topological polar surface area (TPSA) is 103 Å². The number of allylic oxidation sites excluding steroid dienone is 1. The maximum atomic E-state index is 14.7. The molecule has 0 saturated carbocycles. The van der Waals surface area contributed by atoms with Crippen LogP contribution in [-0.4, -0.2) is 40.3 Å². The van der Waals surface area contributed by atoms with Crippen molar-refractivity contribution in [2.24, 2.45) is 0 Å². The number of rotatable bonds is 5. The fraction of sp³-hybridized carbons (Fsp3) is 0.200. The zero-order valence-electron chi connectivity index (χ0n) is 16.8. The van der Waals surface area contributed by atoms with Gasteiger partial charge in [0.2, 0.25) is 5.95 Å².